The Balaban J connectivity index is 2.53. The summed E-state index contributed by atoms with van der Waals surface area (Å²) in [5.74, 6) is -0.0249. The van der Waals surface area contributed by atoms with E-state index < -0.39 is 0 Å². The number of carbonyl (C=O) groups is 1. The first-order valence-corrected chi connectivity index (χ1v) is 4.73. The third-order valence-corrected chi connectivity index (χ3v) is 2.08. The molecule has 13 heavy (non-hydrogen) atoms. The van der Waals surface area contributed by atoms with E-state index in [1.165, 1.54) is 6.08 Å². The van der Waals surface area contributed by atoms with Crippen molar-refractivity contribution in [1.82, 2.24) is 4.90 Å². The van der Waals surface area contributed by atoms with Crippen LogP contribution in [0, 0.1) is 0 Å². The molecule has 0 saturated carbocycles. The highest BCUT2D eigenvalue weighted by molar-refractivity contribution is 5.87. The minimum atomic E-state index is -0.0366. The Morgan fingerprint density at radius 3 is 2.92 bits per heavy atom. The Labute approximate surface area is 79.4 Å². The van der Waals surface area contributed by atoms with E-state index in [0.717, 1.165) is 19.4 Å². The van der Waals surface area contributed by atoms with Gasteiger partial charge in [-0.05, 0) is 32.8 Å². The maximum absolute atomic E-state index is 11.3. The zero-order valence-electron chi connectivity index (χ0n) is 8.32. The van der Waals surface area contributed by atoms with Gasteiger partial charge in [0.1, 0.15) is 6.23 Å². The van der Waals surface area contributed by atoms with Crippen LogP contribution >= 0.6 is 0 Å². The molecule has 74 valence electrons. The molecule has 1 fully saturated rings. The molecule has 1 rings (SSSR count). The smallest absolute Gasteiger partial charge is 0.247 e. The third-order valence-electron chi connectivity index (χ3n) is 2.08. The van der Waals surface area contributed by atoms with Gasteiger partial charge >= 0.3 is 0 Å². The van der Waals surface area contributed by atoms with Crippen molar-refractivity contribution in [3.8, 4) is 0 Å². The Morgan fingerprint density at radius 2 is 2.38 bits per heavy atom. The minimum Gasteiger partial charge on any atom is -0.356 e. The van der Waals surface area contributed by atoms with Crippen LogP contribution in [0.25, 0.3) is 0 Å². The zero-order chi connectivity index (χ0) is 9.84. The maximum Gasteiger partial charge on any atom is 0.247 e. The number of amides is 1. The number of hydrogen-bond acceptors (Lipinski definition) is 2. The molecule has 0 aliphatic carbocycles. The highest BCUT2D eigenvalue weighted by Gasteiger charge is 2.28. The monoisotopic (exact) mass is 183 g/mol. The molecule has 0 spiro atoms. The average molecular weight is 183 g/mol. The van der Waals surface area contributed by atoms with Gasteiger partial charge in [0.2, 0.25) is 5.91 Å². The van der Waals surface area contributed by atoms with Gasteiger partial charge in [-0.25, -0.2) is 0 Å². The van der Waals surface area contributed by atoms with Crippen LogP contribution in [0.2, 0.25) is 0 Å². The standard InChI is InChI=1S/C10H17NO2/c1-4-9(12)11-7-5-6-10(11)13-8(2)3/h4,8,10H,1,5-7H2,2-3H3. The molecule has 0 bridgehead atoms. The summed E-state index contributed by atoms with van der Waals surface area (Å²) in [5.41, 5.74) is 0. The van der Waals surface area contributed by atoms with Crippen LogP contribution in [0.3, 0.4) is 0 Å². The fourth-order valence-electron chi connectivity index (χ4n) is 1.56. The quantitative estimate of drug-likeness (QED) is 0.621. The minimum absolute atomic E-state index is 0.0249. The van der Waals surface area contributed by atoms with Gasteiger partial charge in [0.15, 0.2) is 0 Å². The van der Waals surface area contributed by atoms with Crippen LogP contribution in [0.4, 0.5) is 0 Å². The van der Waals surface area contributed by atoms with Gasteiger partial charge in [-0.2, -0.15) is 0 Å². The van der Waals surface area contributed by atoms with Crippen molar-refractivity contribution in [3.63, 3.8) is 0 Å². The largest absolute Gasteiger partial charge is 0.356 e. The summed E-state index contributed by atoms with van der Waals surface area (Å²) in [6.45, 7) is 8.23. The molecule has 0 radical (unpaired) electrons. The molecule has 1 aliphatic rings. The zero-order valence-corrected chi connectivity index (χ0v) is 8.32. The summed E-state index contributed by atoms with van der Waals surface area (Å²) in [6.07, 6.45) is 3.45. The van der Waals surface area contributed by atoms with Crippen LogP contribution < -0.4 is 0 Å². The normalized spacial score (nSPS) is 22.4. The summed E-state index contributed by atoms with van der Waals surface area (Å²) in [4.78, 5) is 13.1. The second kappa shape index (κ2) is 4.42. The molecule has 0 aromatic rings. The lowest BCUT2D eigenvalue weighted by Crippen LogP contribution is -2.37. The van der Waals surface area contributed by atoms with E-state index >= 15 is 0 Å². The van der Waals surface area contributed by atoms with E-state index in [9.17, 15) is 4.79 Å². The summed E-state index contributed by atoms with van der Waals surface area (Å²) in [6, 6.07) is 0. The number of nitrogens with zero attached hydrogens (tertiary/aromatic N) is 1. The lowest BCUT2D eigenvalue weighted by molar-refractivity contribution is -0.139. The van der Waals surface area contributed by atoms with Crippen molar-refractivity contribution >= 4 is 5.91 Å². The molecule has 1 unspecified atom stereocenters. The molecule has 3 heteroatoms. The Bertz CT molecular complexity index is 201. The Kier molecular flexibility index (Phi) is 3.48. The van der Waals surface area contributed by atoms with Crippen LogP contribution in [0.1, 0.15) is 26.7 Å². The molecule has 3 nitrogen and oxygen atoms in total. The summed E-state index contributed by atoms with van der Waals surface area (Å²) in [5, 5.41) is 0. The average Bonchev–Trinajstić information content (AvgIpc) is 2.50. The van der Waals surface area contributed by atoms with Gasteiger partial charge in [-0.3, -0.25) is 4.79 Å². The molecular formula is C10H17NO2. The summed E-state index contributed by atoms with van der Waals surface area (Å²) in [7, 11) is 0. The third kappa shape index (κ3) is 2.56. The molecule has 1 amide bonds. The van der Waals surface area contributed by atoms with E-state index in [0.29, 0.717) is 0 Å². The molecule has 0 aromatic carbocycles. The Morgan fingerprint density at radius 1 is 1.69 bits per heavy atom. The van der Waals surface area contributed by atoms with Crippen molar-refractivity contribution < 1.29 is 9.53 Å². The van der Waals surface area contributed by atoms with Gasteiger partial charge < -0.3 is 9.64 Å². The predicted molar refractivity (Wildman–Crippen MR) is 51.2 cm³/mol. The SMILES string of the molecule is C=CC(=O)N1CCCC1OC(C)C. The first kappa shape index (κ1) is 10.3. The van der Waals surface area contributed by atoms with Crippen molar-refractivity contribution in [3.05, 3.63) is 12.7 Å². The molecule has 0 aromatic heterocycles. The van der Waals surface area contributed by atoms with Gasteiger partial charge in [-0.15, -0.1) is 0 Å². The van der Waals surface area contributed by atoms with Gasteiger partial charge in [0.05, 0.1) is 6.10 Å². The van der Waals surface area contributed by atoms with Gasteiger partial charge in [0.25, 0.3) is 0 Å². The first-order chi connectivity index (χ1) is 6.15. The lowest BCUT2D eigenvalue weighted by Gasteiger charge is -2.25. The van der Waals surface area contributed by atoms with E-state index in [1.54, 1.807) is 4.90 Å². The van der Waals surface area contributed by atoms with E-state index in [4.69, 9.17) is 4.74 Å². The summed E-state index contributed by atoms with van der Waals surface area (Å²) >= 11 is 0. The number of carbonyl (C=O) groups excluding carboxylic acids is 1. The number of rotatable bonds is 3. The maximum atomic E-state index is 11.3. The van der Waals surface area contributed by atoms with E-state index in [2.05, 4.69) is 6.58 Å². The van der Waals surface area contributed by atoms with E-state index in [1.807, 2.05) is 13.8 Å². The highest BCUT2D eigenvalue weighted by Crippen LogP contribution is 2.19. The predicted octanol–water partition coefficient (Wildman–Crippen LogP) is 1.55. The molecule has 1 heterocycles. The molecular weight excluding hydrogens is 166 g/mol. The first-order valence-electron chi connectivity index (χ1n) is 4.73. The topological polar surface area (TPSA) is 29.5 Å². The van der Waals surface area contributed by atoms with Gasteiger partial charge in [-0.1, -0.05) is 6.58 Å². The number of ether oxygens (including phenoxy) is 1. The Hall–Kier alpha value is -0.830. The molecule has 1 saturated heterocycles. The fourth-order valence-corrected chi connectivity index (χ4v) is 1.56. The number of likely N-dealkylation sites (tertiary alicyclic amines) is 1. The van der Waals surface area contributed by atoms with Crippen molar-refractivity contribution in [2.45, 2.75) is 39.0 Å². The lowest BCUT2D eigenvalue weighted by atomic mass is 10.3. The number of hydrogen-bond donors (Lipinski definition) is 0. The molecule has 1 atom stereocenters. The van der Waals surface area contributed by atoms with Gasteiger partial charge in [0, 0.05) is 6.54 Å². The van der Waals surface area contributed by atoms with E-state index in [-0.39, 0.29) is 18.2 Å². The van der Waals surface area contributed by atoms with Crippen molar-refractivity contribution in [1.29, 1.82) is 0 Å². The van der Waals surface area contributed by atoms with Crippen LogP contribution in [0.15, 0.2) is 12.7 Å². The van der Waals surface area contributed by atoms with Crippen LogP contribution in [-0.4, -0.2) is 29.7 Å². The molecule has 1 aliphatic heterocycles. The summed E-state index contributed by atoms with van der Waals surface area (Å²) < 4.78 is 5.60. The highest BCUT2D eigenvalue weighted by atomic mass is 16.5. The van der Waals surface area contributed by atoms with Crippen molar-refractivity contribution in [2.75, 3.05) is 6.54 Å². The van der Waals surface area contributed by atoms with Crippen LogP contribution in [-0.2, 0) is 9.53 Å². The van der Waals surface area contributed by atoms with Crippen molar-refractivity contribution in [2.24, 2.45) is 0 Å². The molecule has 0 N–H and O–H groups in total. The second-order valence-electron chi connectivity index (χ2n) is 3.52. The van der Waals surface area contributed by atoms with Crippen LogP contribution in [0.5, 0.6) is 0 Å². The fraction of sp³-hybridized carbons (Fsp3) is 0.700. The second-order valence-corrected chi connectivity index (χ2v) is 3.52.